The van der Waals surface area contributed by atoms with E-state index in [1.54, 1.807) is 29.9 Å². The number of nitrogens with one attached hydrogen (secondary N) is 1. The lowest BCUT2D eigenvalue weighted by atomic mass is 9.78. The molecule has 1 aromatic heterocycles. The zero-order valence-electron chi connectivity index (χ0n) is 18.6. The summed E-state index contributed by atoms with van der Waals surface area (Å²) in [4.78, 5) is 41.2. The molecule has 6 atom stereocenters. The number of aliphatic carboxylic acids is 1. The third kappa shape index (κ3) is 3.59. The minimum absolute atomic E-state index is 0.0116. The van der Waals surface area contributed by atoms with Gasteiger partial charge >= 0.3 is 5.97 Å². The molecule has 0 spiro atoms. The van der Waals surface area contributed by atoms with Gasteiger partial charge in [0.2, 0.25) is 11.8 Å². The average molecular weight is 464 g/mol. The topological polar surface area (TPSA) is 147 Å². The maximum absolute atomic E-state index is 13.1. The highest BCUT2D eigenvalue weighted by Crippen LogP contribution is 2.53. The molecule has 32 heavy (non-hydrogen) atoms. The summed E-state index contributed by atoms with van der Waals surface area (Å²) in [7, 11) is 3.44. The summed E-state index contributed by atoms with van der Waals surface area (Å²) in [6, 6.07) is -0.789. The second kappa shape index (κ2) is 8.49. The number of rotatable bonds is 7. The molecular formula is C20H29N7O4S. The van der Waals surface area contributed by atoms with Gasteiger partial charge in [0.15, 0.2) is 0 Å². The Kier molecular flexibility index (Phi) is 6.03. The van der Waals surface area contributed by atoms with Crippen LogP contribution in [0.3, 0.4) is 0 Å². The molecule has 11 nitrogen and oxygen atoms in total. The molecule has 4 N–H and O–H groups in total. The number of nitrogens with two attached hydrogens (primary N) is 1. The number of carbonyl (C=O) groups is 3. The van der Waals surface area contributed by atoms with E-state index >= 15 is 0 Å². The zero-order chi connectivity index (χ0) is 23.3. The molecule has 0 aliphatic carbocycles. The molecule has 0 aromatic carbocycles. The summed E-state index contributed by atoms with van der Waals surface area (Å²) in [5.41, 5.74) is 6.33. The van der Waals surface area contributed by atoms with Crippen LogP contribution in [0.15, 0.2) is 16.8 Å². The van der Waals surface area contributed by atoms with Crippen LogP contribution in [0, 0.1) is 11.8 Å². The van der Waals surface area contributed by atoms with Crippen molar-refractivity contribution in [2.75, 3.05) is 20.6 Å². The van der Waals surface area contributed by atoms with Crippen LogP contribution in [0.4, 0.5) is 0 Å². The summed E-state index contributed by atoms with van der Waals surface area (Å²) < 4.78 is 1.64. The molecule has 2 amide bonds. The lowest BCUT2D eigenvalue weighted by molar-refractivity contribution is -0.159. The third-order valence-electron chi connectivity index (χ3n) is 6.62. The predicted molar refractivity (Wildman–Crippen MR) is 117 cm³/mol. The summed E-state index contributed by atoms with van der Waals surface area (Å²) >= 11 is 1.48. The number of aromatic nitrogens is 3. The van der Waals surface area contributed by atoms with Crippen molar-refractivity contribution < 1.29 is 19.5 Å². The average Bonchev–Trinajstić information content (AvgIpc) is 3.46. The maximum atomic E-state index is 13.1. The normalized spacial score (nSPS) is 30.3. The zero-order valence-corrected chi connectivity index (χ0v) is 19.4. The minimum atomic E-state index is -1.10. The van der Waals surface area contributed by atoms with Crippen LogP contribution < -0.4 is 11.1 Å². The number of hydrogen-bond donors (Lipinski definition) is 3. The number of β-lactam (4-membered cyclic amide) rings is 1. The van der Waals surface area contributed by atoms with Crippen LogP contribution in [0.25, 0.3) is 0 Å². The first-order valence-electron chi connectivity index (χ1n) is 10.7. The highest BCUT2D eigenvalue weighted by molar-refractivity contribution is 8.03. The molecular weight excluding hydrogens is 434 g/mol. The molecule has 174 valence electrons. The van der Waals surface area contributed by atoms with E-state index < -0.39 is 11.9 Å². The van der Waals surface area contributed by atoms with E-state index in [1.165, 1.54) is 16.7 Å². The van der Waals surface area contributed by atoms with Gasteiger partial charge in [0.1, 0.15) is 5.70 Å². The fourth-order valence-electron chi connectivity index (χ4n) is 4.92. The molecule has 0 radical (unpaired) electrons. The molecule has 4 heterocycles. The van der Waals surface area contributed by atoms with Gasteiger partial charge in [-0.25, -0.2) is 9.48 Å². The predicted octanol–water partition coefficient (Wildman–Crippen LogP) is -0.377. The molecule has 4 rings (SSSR count). The Bertz CT molecular complexity index is 977. The number of fused-ring (bicyclic) bond motifs is 1. The number of carboxylic acids is 1. The van der Waals surface area contributed by atoms with Crippen LogP contribution in [0.1, 0.15) is 32.0 Å². The van der Waals surface area contributed by atoms with Gasteiger partial charge in [-0.15, -0.1) is 16.9 Å². The second-order valence-electron chi connectivity index (χ2n) is 8.83. The van der Waals surface area contributed by atoms with Gasteiger partial charge in [-0.3, -0.25) is 9.59 Å². The number of hydrogen-bond acceptors (Lipinski definition) is 8. The molecule has 1 aromatic rings. The van der Waals surface area contributed by atoms with E-state index in [0.29, 0.717) is 23.6 Å². The Balaban J connectivity index is 1.53. The van der Waals surface area contributed by atoms with Gasteiger partial charge in [0.05, 0.1) is 35.9 Å². The molecule has 0 unspecified atom stereocenters. The highest BCUT2D eigenvalue weighted by atomic mass is 32.2. The van der Waals surface area contributed by atoms with E-state index in [-0.39, 0.29) is 53.3 Å². The van der Waals surface area contributed by atoms with Gasteiger partial charge in [-0.1, -0.05) is 12.1 Å². The Labute approximate surface area is 190 Å². The monoisotopic (exact) mass is 463 g/mol. The lowest BCUT2D eigenvalue weighted by Gasteiger charge is -2.47. The van der Waals surface area contributed by atoms with E-state index in [9.17, 15) is 19.5 Å². The van der Waals surface area contributed by atoms with Crippen molar-refractivity contribution >= 4 is 29.5 Å². The van der Waals surface area contributed by atoms with Crippen molar-refractivity contribution in [2.24, 2.45) is 17.6 Å². The number of nitrogens with zero attached hydrogens (tertiary/aromatic N) is 5. The number of carboxylic acid groups (broad SMARTS) is 1. The van der Waals surface area contributed by atoms with E-state index in [1.807, 2.05) is 13.8 Å². The smallest absolute Gasteiger partial charge is 0.353 e. The third-order valence-corrected chi connectivity index (χ3v) is 8.13. The first-order valence-corrected chi connectivity index (χ1v) is 11.6. The number of thioether (sulfide) groups is 1. The molecule has 0 saturated carbocycles. The van der Waals surface area contributed by atoms with E-state index in [2.05, 4.69) is 15.6 Å². The summed E-state index contributed by atoms with van der Waals surface area (Å²) in [5, 5.41) is 21.3. The van der Waals surface area contributed by atoms with Gasteiger partial charge in [0.25, 0.3) is 0 Å². The molecule has 0 bridgehead atoms. The van der Waals surface area contributed by atoms with Crippen LogP contribution >= 0.6 is 11.8 Å². The number of amides is 2. The Morgan fingerprint density at radius 1 is 1.44 bits per heavy atom. The highest BCUT2D eigenvalue weighted by Gasteiger charge is 2.60. The first kappa shape index (κ1) is 22.7. The van der Waals surface area contributed by atoms with E-state index in [4.69, 9.17) is 5.73 Å². The van der Waals surface area contributed by atoms with Gasteiger partial charge in [-0.2, -0.15) is 0 Å². The molecule has 2 fully saturated rings. The minimum Gasteiger partial charge on any atom is -0.477 e. The summed E-state index contributed by atoms with van der Waals surface area (Å²) in [6.45, 7) is 4.73. The fourth-order valence-corrected chi connectivity index (χ4v) is 6.40. The second-order valence-corrected chi connectivity index (χ2v) is 10.2. The van der Waals surface area contributed by atoms with Crippen molar-refractivity contribution in [1.82, 2.24) is 30.1 Å². The molecule has 3 aliphatic heterocycles. The SMILES string of the molecule is C[C@H]([C@H]1C(=O)N2C(C(=O)O)=C(S[C@H]3CN[C@H](C(=O)N(C)C)C3)[C@H](C)[C@H]12)n1cc(CN)nn1. The fraction of sp³-hybridized carbons (Fsp3) is 0.650. The first-order chi connectivity index (χ1) is 15.1. The Hall–Kier alpha value is -2.44. The lowest BCUT2D eigenvalue weighted by Crippen LogP contribution is -2.62. The van der Waals surface area contributed by atoms with Crippen molar-refractivity contribution in [2.45, 2.75) is 50.2 Å². The van der Waals surface area contributed by atoms with Crippen molar-refractivity contribution in [3.05, 3.63) is 22.5 Å². The van der Waals surface area contributed by atoms with Crippen molar-refractivity contribution in [3.63, 3.8) is 0 Å². The van der Waals surface area contributed by atoms with Gasteiger partial charge in [0, 0.05) is 43.3 Å². The maximum Gasteiger partial charge on any atom is 0.353 e. The van der Waals surface area contributed by atoms with Crippen LogP contribution in [0.2, 0.25) is 0 Å². The molecule has 3 aliphatic rings. The van der Waals surface area contributed by atoms with Crippen LogP contribution in [0.5, 0.6) is 0 Å². The Morgan fingerprint density at radius 3 is 2.75 bits per heavy atom. The van der Waals surface area contributed by atoms with Crippen molar-refractivity contribution in [1.29, 1.82) is 0 Å². The quantitative estimate of drug-likeness (QED) is 0.461. The van der Waals surface area contributed by atoms with Gasteiger partial charge in [-0.05, 0) is 13.3 Å². The van der Waals surface area contributed by atoms with Crippen LogP contribution in [-0.2, 0) is 20.9 Å². The standard InChI is InChI=1S/C20H29N7O4S/c1-9-15-14(10(2)26-8-11(6-21)23-24-26)19(29)27(15)16(20(30)31)17(9)32-12-5-13(22-7-12)18(28)25(3)4/h8-10,12-15,22H,5-7,21H2,1-4H3,(H,30,31)/t9-,10-,12-,13+,14-,15-/m1/s1. The largest absolute Gasteiger partial charge is 0.477 e. The van der Waals surface area contributed by atoms with Crippen LogP contribution in [-0.4, -0.2) is 85.7 Å². The summed E-state index contributed by atoms with van der Waals surface area (Å²) in [6.07, 6.45) is 2.34. The molecule has 2 saturated heterocycles. The van der Waals surface area contributed by atoms with Crippen molar-refractivity contribution in [3.8, 4) is 0 Å². The molecule has 12 heteroatoms. The van der Waals surface area contributed by atoms with Gasteiger partial charge < -0.3 is 26.0 Å². The number of carbonyl (C=O) groups excluding carboxylic acids is 2. The summed E-state index contributed by atoms with van der Waals surface area (Å²) in [5.74, 6) is -1.82. The van der Waals surface area contributed by atoms with E-state index in [0.717, 1.165) is 0 Å². The number of likely N-dealkylation sites (N-methyl/N-ethyl adjacent to an activating group) is 1. The Morgan fingerprint density at radius 2 is 2.16 bits per heavy atom.